The van der Waals surface area contributed by atoms with Crippen LogP contribution >= 0.6 is 15.9 Å². The fourth-order valence-corrected chi connectivity index (χ4v) is 2.83. The first-order valence-corrected chi connectivity index (χ1v) is 8.81. The van der Waals surface area contributed by atoms with Gasteiger partial charge in [-0.05, 0) is 40.9 Å². The van der Waals surface area contributed by atoms with Gasteiger partial charge >= 0.3 is 0 Å². The maximum Gasteiger partial charge on any atom is 0.271 e. The minimum absolute atomic E-state index is 0.158. The molecule has 1 heterocycles. The average Bonchev–Trinajstić information content (AvgIpc) is 2.61. The summed E-state index contributed by atoms with van der Waals surface area (Å²) >= 11 is 3.32. The molecule has 1 aromatic heterocycles. The van der Waals surface area contributed by atoms with E-state index in [9.17, 15) is 4.79 Å². The lowest BCUT2D eigenvalue weighted by Gasteiger charge is -2.10. The van der Waals surface area contributed by atoms with Gasteiger partial charge in [0.1, 0.15) is 17.4 Å². The van der Waals surface area contributed by atoms with Crippen molar-refractivity contribution in [1.82, 2.24) is 9.55 Å². The monoisotopic (exact) mass is 398 g/mol. The Morgan fingerprint density at radius 2 is 1.52 bits per heavy atom. The van der Waals surface area contributed by atoms with Gasteiger partial charge in [-0.25, -0.2) is 4.98 Å². The molecule has 4 nitrogen and oxygen atoms in total. The largest absolute Gasteiger partial charge is 0.472 e. The van der Waals surface area contributed by atoms with Gasteiger partial charge in [0, 0.05) is 0 Å². The van der Waals surface area contributed by atoms with Gasteiger partial charge in [-0.3, -0.25) is 9.36 Å². The van der Waals surface area contributed by atoms with Crippen molar-refractivity contribution in [2.24, 2.45) is 0 Å². The van der Waals surface area contributed by atoms with Crippen molar-refractivity contribution >= 4 is 15.9 Å². The third kappa shape index (κ3) is 4.37. The Bertz CT molecular complexity index is 916. The van der Waals surface area contributed by atoms with E-state index in [1.54, 1.807) is 4.57 Å². The lowest BCUT2D eigenvalue weighted by atomic mass is 10.1. The minimum Gasteiger partial charge on any atom is -0.472 e. The molecule has 0 aliphatic carbocycles. The van der Waals surface area contributed by atoms with E-state index in [-0.39, 0.29) is 5.56 Å². The summed E-state index contributed by atoms with van der Waals surface area (Å²) in [6.07, 6.45) is 1.53. The quantitative estimate of drug-likeness (QED) is 0.645. The topological polar surface area (TPSA) is 44.1 Å². The summed E-state index contributed by atoms with van der Waals surface area (Å²) in [7, 11) is 0. The third-order valence-electron chi connectivity index (χ3n) is 3.92. The lowest BCUT2D eigenvalue weighted by molar-refractivity contribution is 0.289. The molecule has 0 spiro atoms. The first-order valence-electron chi connectivity index (χ1n) is 8.02. The first kappa shape index (κ1) is 17.4. The molecule has 0 fully saturated rings. The molecule has 0 aliphatic rings. The summed E-state index contributed by atoms with van der Waals surface area (Å²) in [5, 5.41) is 0. The van der Waals surface area contributed by atoms with Crippen LogP contribution in [-0.4, -0.2) is 9.55 Å². The van der Waals surface area contributed by atoms with Crippen molar-refractivity contribution in [3.8, 4) is 5.88 Å². The molecule has 25 heavy (non-hydrogen) atoms. The van der Waals surface area contributed by atoms with Crippen molar-refractivity contribution in [2.45, 2.75) is 27.0 Å². The number of hydrogen-bond acceptors (Lipinski definition) is 3. The number of rotatable bonds is 5. The van der Waals surface area contributed by atoms with E-state index in [0.29, 0.717) is 23.5 Å². The molecule has 0 radical (unpaired) electrons. The number of aromatic nitrogens is 2. The van der Waals surface area contributed by atoms with Crippen LogP contribution in [0.5, 0.6) is 5.88 Å². The molecule has 0 saturated heterocycles. The molecule has 2 aromatic carbocycles. The van der Waals surface area contributed by atoms with Crippen LogP contribution in [0.25, 0.3) is 0 Å². The predicted octanol–water partition coefficient (Wildman–Crippen LogP) is 4.25. The Morgan fingerprint density at radius 3 is 2.12 bits per heavy atom. The SMILES string of the molecule is Cc1ccc(COc2ncn(Cc3ccc(C)cc3)c(=O)c2Br)cc1. The summed E-state index contributed by atoms with van der Waals surface area (Å²) in [4.78, 5) is 16.8. The van der Waals surface area contributed by atoms with E-state index in [0.717, 1.165) is 11.1 Å². The Hall–Kier alpha value is -2.40. The van der Waals surface area contributed by atoms with Crippen molar-refractivity contribution < 1.29 is 4.74 Å². The van der Waals surface area contributed by atoms with Crippen LogP contribution < -0.4 is 10.3 Å². The molecule has 0 bridgehead atoms. The van der Waals surface area contributed by atoms with Gasteiger partial charge in [-0.2, -0.15) is 0 Å². The van der Waals surface area contributed by atoms with E-state index in [1.165, 1.54) is 17.5 Å². The summed E-state index contributed by atoms with van der Waals surface area (Å²) in [5.74, 6) is 0.311. The van der Waals surface area contributed by atoms with E-state index in [1.807, 2.05) is 62.4 Å². The summed E-state index contributed by atoms with van der Waals surface area (Å²) < 4.78 is 7.60. The maximum absolute atomic E-state index is 12.5. The predicted molar refractivity (Wildman–Crippen MR) is 102 cm³/mol. The number of benzene rings is 2. The molecular formula is C20H19BrN2O2. The highest BCUT2D eigenvalue weighted by atomic mass is 79.9. The van der Waals surface area contributed by atoms with Crippen molar-refractivity contribution in [1.29, 1.82) is 0 Å². The number of hydrogen-bond donors (Lipinski definition) is 0. The van der Waals surface area contributed by atoms with Gasteiger partial charge in [0.2, 0.25) is 5.88 Å². The second-order valence-corrected chi connectivity index (χ2v) is 6.85. The van der Waals surface area contributed by atoms with E-state index in [2.05, 4.69) is 20.9 Å². The Kier molecular flexibility index (Phi) is 5.34. The number of ether oxygens (including phenoxy) is 1. The minimum atomic E-state index is -0.158. The molecule has 0 N–H and O–H groups in total. The van der Waals surface area contributed by atoms with Gasteiger partial charge in [0.25, 0.3) is 5.56 Å². The molecule has 3 rings (SSSR count). The molecule has 0 atom stereocenters. The Morgan fingerprint density at radius 1 is 0.960 bits per heavy atom. The molecule has 0 saturated carbocycles. The van der Waals surface area contributed by atoms with Crippen molar-refractivity contribution in [3.05, 3.63) is 91.9 Å². The lowest BCUT2D eigenvalue weighted by Crippen LogP contribution is -2.22. The molecule has 3 aromatic rings. The van der Waals surface area contributed by atoms with Gasteiger partial charge in [0.05, 0.1) is 6.54 Å². The van der Waals surface area contributed by atoms with E-state index < -0.39 is 0 Å². The van der Waals surface area contributed by atoms with Crippen LogP contribution in [-0.2, 0) is 13.2 Å². The normalized spacial score (nSPS) is 10.7. The van der Waals surface area contributed by atoms with E-state index >= 15 is 0 Å². The van der Waals surface area contributed by atoms with Crippen LogP contribution in [0.15, 0.2) is 64.1 Å². The van der Waals surface area contributed by atoms with Gasteiger partial charge in [-0.1, -0.05) is 59.7 Å². The molecule has 128 valence electrons. The summed E-state index contributed by atoms with van der Waals surface area (Å²) in [6.45, 7) is 4.92. The van der Waals surface area contributed by atoms with Crippen molar-refractivity contribution in [3.63, 3.8) is 0 Å². The van der Waals surface area contributed by atoms with Crippen LogP contribution in [0, 0.1) is 13.8 Å². The average molecular weight is 399 g/mol. The maximum atomic E-state index is 12.5. The zero-order valence-corrected chi connectivity index (χ0v) is 15.8. The summed E-state index contributed by atoms with van der Waals surface area (Å²) in [5.41, 5.74) is 4.31. The van der Waals surface area contributed by atoms with Crippen LogP contribution in [0.4, 0.5) is 0 Å². The molecule has 0 unspecified atom stereocenters. The fourth-order valence-electron chi connectivity index (χ4n) is 2.39. The zero-order valence-electron chi connectivity index (χ0n) is 14.2. The zero-order chi connectivity index (χ0) is 17.8. The highest BCUT2D eigenvalue weighted by molar-refractivity contribution is 9.10. The van der Waals surface area contributed by atoms with Gasteiger partial charge < -0.3 is 4.74 Å². The number of halogens is 1. The molecular weight excluding hydrogens is 380 g/mol. The third-order valence-corrected chi connectivity index (χ3v) is 4.60. The standard InChI is InChI=1S/C20H19BrN2O2/c1-14-3-7-16(8-4-14)11-23-13-22-19(18(21)20(23)24)25-12-17-9-5-15(2)6-10-17/h3-10,13H,11-12H2,1-2H3. The number of nitrogens with zero attached hydrogens (tertiary/aromatic N) is 2. The van der Waals surface area contributed by atoms with Gasteiger partial charge in [-0.15, -0.1) is 0 Å². The van der Waals surface area contributed by atoms with E-state index in [4.69, 9.17) is 4.74 Å². The Balaban J connectivity index is 1.74. The number of aryl methyl sites for hydroxylation is 2. The van der Waals surface area contributed by atoms with Crippen LogP contribution in [0.2, 0.25) is 0 Å². The van der Waals surface area contributed by atoms with Gasteiger partial charge in [0.15, 0.2) is 0 Å². The smallest absolute Gasteiger partial charge is 0.271 e. The molecule has 0 amide bonds. The molecule has 5 heteroatoms. The molecule has 0 aliphatic heterocycles. The second kappa shape index (κ2) is 7.66. The fraction of sp³-hybridized carbons (Fsp3) is 0.200. The second-order valence-electron chi connectivity index (χ2n) is 6.06. The van der Waals surface area contributed by atoms with Crippen molar-refractivity contribution in [2.75, 3.05) is 0 Å². The summed E-state index contributed by atoms with van der Waals surface area (Å²) in [6, 6.07) is 16.1. The van der Waals surface area contributed by atoms with Crippen LogP contribution in [0.3, 0.4) is 0 Å². The first-order chi connectivity index (χ1) is 12.0. The van der Waals surface area contributed by atoms with Crippen LogP contribution in [0.1, 0.15) is 22.3 Å². The highest BCUT2D eigenvalue weighted by Crippen LogP contribution is 2.19. The Labute approximate surface area is 155 Å². The highest BCUT2D eigenvalue weighted by Gasteiger charge is 2.11.